The number of para-hydroxylation sites is 1. The third-order valence-corrected chi connectivity index (χ3v) is 7.06. The molecular formula is C28H23N3O3. The fourth-order valence-electron chi connectivity index (χ4n) is 5.54. The topological polar surface area (TPSA) is 69.7 Å². The molecule has 0 radical (unpaired) electrons. The molecular weight excluding hydrogens is 426 g/mol. The molecule has 2 fully saturated rings. The Morgan fingerprint density at radius 3 is 2.26 bits per heavy atom. The standard InChI is InChI=1S/C28H23N3O3/c1-17-11-13-20(14-12-17)31-27(33)22-23(28(31)34)25(26(32)29-19-8-3-2-4-9-19)30-16-15-18-7-5-6-10-21(18)24(22)30/h2-16,22-25H,1H3,(H,29,32)/t22-,23+,24+,25-/m0/s1. The maximum absolute atomic E-state index is 13.8. The summed E-state index contributed by atoms with van der Waals surface area (Å²) < 4.78 is 0. The molecule has 2 saturated heterocycles. The molecule has 6 rings (SSSR count). The first kappa shape index (κ1) is 20.4. The number of hydrogen-bond donors (Lipinski definition) is 1. The molecule has 3 aromatic rings. The maximum atomic E-state index is 13.8. The highest BCUT2D eigenvalue weighted by Gasteiger charge is 2.64. The molecule has 3 aliphatic heterocycles. The smallest absolute Gasteiger partial charge is 0.247 e. The molecule has 0 spiro atoms. The van der Waals surface area contributed by atoms with E-state index in [-0.39, 0.29) is 23.8 Å². The van der Waals surface area contributed by atoms with Crippen molar-refractivity contribution in [3.63, 3.8) is 0 Å². The zero-order valence-corrected chi connectivity index (χ0v) is 18.6. The van der Waals surface area contributed by atoms with E-state index < -0.39 is 17.9 Å². The Bertz CT molecular complexity index is 1330. The number of carbonyl (C=O) groups is 3. The van der Waals surface area contributed by atoms with Gasteiger partial charge in [-0.05, 0) is 48.4 Å². The van der Waals surface area contributed by atoms with Gasteiger partial charge in [0, 0.05) is 11.9 Å². The van der Waals surface area contributed by atoms with E-state index in [1.807, 2.05) is 90.8 Å². The Morgan fingerprint density at radius 2 is 1.50 bits per heavy atom. The van der Waals surface area contributed by atoms with E-state index >= 15 is 0 Å². The summed E-state index contributed by atoms with van der Waals surface area (Å²) in [7, 11) is 0. The highest BCUT2D eigenvalue weighted by atomic mass is 16.2. The van der Waals surface area contributed by atoms with E-state index in [0.29, 0.717) is 11.4 Å². The molecule has 3 aliphatic rings. The van der Waals surface area contributed by atoms with Crippen LogP contribution in [0.25, 0.3) is 6.08 Å². The van der Waals surface area contributed by atoms with Gasteiger partial charge in [0.05, 0.1) is 23.6 Å². The van der Waals surface area contributed by atoms with Crippen LogP contribution in [0.1, 0.15) is 22.7 Å². The number of rotatable bonds is 3. The van der Waals surface area contributed by atoms with Gasteiger partial charge >= 0.3 is 0 Å². The Labute approximate surface area is 197 Å². The number of anilines is 2. The van der Waals surface area contributed by atoms with Crippen molar-refractivity contribution < 1.29 is 14.4 Å². The van der Waals surface area contributed by atoms with Crippen molar-refractivity contribution in [3.8, 4) is 0 Å². The SMILES string of the molecule is Cc1ccc(N2C(=O)[C@@H]3[C@H](C2=O)[C@H]2c4ccccc4C=CN2[C@@H]3C(=O)Nc2ccccc2)cc1. The summed E-state index contributed by atoms with van der Waals surface area (Å²) in [5, 5.41) is 2.95. The van der Waals surface area contributed by atoms with Crippen LogP contribution in [0.3, 0.4) is 0 Å². The number of benzene rings is 3. The van der Waals surface area contributed by atoms with Gasteiger partial charge in [-0.15, -0.1) is 0 Å². The second-order valence-electron chi connectivity index (χ2n) is 9.04. The van der Waals surface area contributed by atoms with Gasteiger partial charge in [-0.25, -0.2) is 4.90 Å². The second kappa shape index (κ2) is 7.70. The minimum atomic E-state index is -0.799. The molecule has 0 aromatic heterocycles. The fraction of sp³-hybridized carbons (Fsp3) is 0.179. The van der Waals surface area contributed by atoms with E-state index in [0.717, 1.165) is 16.7 Å². The molecule has 0 unspecified atom stereocenters. The van der Waals surface area contributed by atoms with Gasteiger partial charge in [-0.3, -0.25) is 14.4 Å². The average Bonchev–Trinajstić information content (AvgIpc) is 3.33. The van der Waals surface area contributed by atoms with E-state index in [1.54, 1.807) is 12.1 Å². The lowest BCUT2D eigenvalue weighted by molar-refractivity contribution is -0.128. The maximum Gasteiger partial charge on any atom is 0.247 e. The van der Waals surface area contributed by atoms with Crippen molar-refractivity contribution in [3.05, 3.63) is 102 Å². The first-order chi connectivity index (χ1) is 16.5. The number of aryl methyl sites for hydroxylation is 1. The summed E-state index contributed by atoms with van der Waals surface area (Å²) in [6.45, 7) is 1.96. The van der Waals surface area contributed by atoms with Crippen molar-refractivity contribution in [1.82, 2.24) is 4.90 Å². The number of amides is 3. The summed E-state index contributed by atoms with van der Waals surface area (Å²) in [6, 6.07) is 23.2. The summed E-state index contributed by atoms with van der Waals surface area (Å²) in [6.07, 6.45) is 3.81. The van der Waals surface area contributed by atoms with E-state index in [2.05, 4.69) is 5.32 Å². The van der Waals surface area contributed by atoms with Gasteiger partial charge in [0.25, 0.3) is 0 Å². The lowest BCUT2D eigenvalue weighted by Crippen LogP contribution is -2.46. The van der Waals surface area contributed by atoms with Crippen LogP contribution in [0.4, 0.5) is 11.4 Å². The molecule has 3 aromatic carbocycles. The van der Waals surface area contributed by atoms with Crippen molar-refractivity contribution in [2.75, 3.05) is 10.2 Å². The number of hydrogen-bond acceptors (Lipinski definition) is 4. The highest BCUT2D eigenvalue weighted by molar-refractivity contribution is 6.24. The number of nitrogens with zero attached hydrogens (tertiary/aromatic N) is 2. The lowest BCUT2D eigenvalue weighted by Gasteiger charge is -2.35. The zero-order chi connectivity index (χ0) is 23.4. The second-order valence-corrected chi connectivity index (χ2v) is 9.04. The molecule has 34 heavy (non-hydrogen) atoms. The molecule has 0 bridgehead atoms. The summed E-state index contributed by atoms with van der Waals surface area (Å²) in [5.74, 6) is -2.30. The zero-order valence-electron chi connectivity index (χ0n) is 18.6. The van der Waals surface area contributed by atoms with Gasteiger partial charge in [0.1, 0.15) is 6.04 Å². The van der Waals surface area contributed by atoms with Gasteiger partial charge in [-0.2, -0.15) is 0 Å². The van der Waals surface area contributed by atoms with Crippen molar-refractivity contribution in [2.24, 2.45) is 11.8 Å². The van der Waals surface area contributed by atoms with E-state index in [4.69, 9.17) is 0 Å². The molecule has 6 heteroatoms. The van der Waals surface area contributed by atoms with Crippen LogP contribution in [0.5, 0.6) is 0 Å². The first-order valence-corrected chi connectivity index (χ1v) is 11.4. The van der Waals surface area contributed by atoms with Crippen LogP contribution in [-0.2, 0) is 14.4 Å². The van der Waals surface area contributed by atoms with Gasteiger partial charge in [0.15, 0.2) is 0 Å². The number of nitrogens with one attached hydrogen (secondary N) is 1. The normalized spacial score (nSPS) is 24.6. The molecule has 6 nitrogen and oxygen atoms in total. The van der Waals surface area contributed by atoms with Crippen LogP contribution in [0.2, 0.25) is 0 Å². The molecule has 3 heterocycles. The quantitative estimate of drug-likeness (QED) is 0.610. The summed E-state index contributed by atoms with van der Waals surface area (Å²) in [5.41, 5.74) is 4.20. The summed E-state index contributed by atoms with van der Waals surface area (Å²) in [4.78, 5) is 44.3. The van der Waals surface area contributed by atoms with Crippen LogP contribution < -0.4 is 10.2 Å². The van der Waals surface area contributed by atoms with Crippen molar-refractivity contribution in [1.29, 1.82) is 0 Å². The average molecular weight is 450 g/mol. The molecule has 0 aliphatic carbocycles. The van der Waals surface area contributed by atoms with Crippen LogP contribution in [-0.4, -0.2) is 28.7 Å². The largest absolute Gasteiger partial charge is 0.357 e. The van der Waals surface area contributed by atoms with Crippen LogP contribution in [0.15, 0.2) is 85.1 Å². The van der Waals surface area contributed by atoms with E-state index in [1.165, 1.54) is 4.90 Å². The lowest BCUT2D eigenvalue weighted by atomic mass is 9.84. The summed E-state index contributed by atoms with van der Waals surface area (Å²) >= 11 is 0. The third kappa shape index (κ3) is 2.99. The monoisotopic (exact) mass is 449 g/mol. The third-order valence-electron chi connectivity index (χ3n) is 7.06. The van der Waals surface area contributed by atoms with Gasteiger partial charge in [-0.1, -0.05) is 60.2 Å². The minimum Gasteiger partial charge on any atom is -0.357 e. The Morgan fingerprint density at radius 1 is 0.824 bits per heavy atom. The molecule has 1 N–H and O–H groups in total. The number of fused-ring (bicyclic) bond motifs is 5. The van der Waals surface area contributed by atoms with Gasteiger partial charge < -0.3 is 10.2 Å². The van der Waals surface area contributed by atoms with Gasteiger partial charge in [0.2, 0.25) is 17.7 Å². The predicted molar refractivity (Wildman–Crippen MR) is 130 cm³/mol. The Balaban J connectivity index is 1.45. The molecule has 0 saturated carbocycles. The first-order valence-electron chi connectivity index (χ1n) is 11.4. The molecule has 3 amide bonds. The molecule has 4 atom stereocenters. The fourth-order valence-corrected chi connectivity index (χ4v) is 5.54. The van der Waals surface area contributed by atoms with Crippen LogP contribution in [0, 0.1) is 18.8 Å². The van der Waals surface area contributed by atoms with E-state index in [9.17, 15) is 14.4 Å². The van der Waals surface area contributed by atoms with Crippen molar-refractivity contribution in [2.45, 2.75) is 19.0 Å². The predicted octanol–water partition coefficient (Wildman–Crippen LogP) is 4.15. The van der Waals surface area contributed by atoms with Crippen molar-refractivity contribution >= 4 is 35.2 Å². The number of imide groups is 1. The minimum absolute atomic E-state index is 0.256. The number of carbonyl (C=O) groups excluding carboxylic acids is 3. The van der Waals surface area contributed by atoms with Crippen LogP contribution >= 0.6 is 0 Å². The molecule has 168 valence electrons. The highest BCUT2D eigenvalue weighted by Crippen LogP contribution is 2.53. The Kier molecular flexibility index (Phi) is 4.62. The Hall–Kier alpha value is -4.19.